The lowest BCUT2D eigenvalue weighted by molar-refractivity contribution is 0.627. The molecule has 0 N–H and O–H groups in total. The number of benzene rings is 1. The SMILES string of the molecule is Clc1ccc(C(Cl)(Br)n2cccn2)c(Cl)c1. The van der Waals surface area contributed by atoms with Gasteiger partial charge < -0.3 is 0 Å². The van der Waals surface area contributed by atoms with Gasteiger partial charge >= 0.3 is 0 Å². The van der Waals surface area contributed by atoms with E-state index in [4.69, 9.17) is 34.8 Å². The van der Waals surface area contributed by atoms with Crippen LogP contribution in [-0.4, -0.2) is 9.78 Å². The molecule has 16 heavy (non-hydrogen) atoms. The Morgan fingerprint density at radius 3 is 2.62 bits per heavy atom. The van der Waals surface area contributed by atoms with E-state index in [1.807, 2.05) is 0 Å². The molecule has 0 spiro atoms. The Morgan fingerprint density at radius 2 is 2.06 bits per heavy atom. The molecule has 1 atom stereocenters. The zero-order valence-electron chi connectivity index (χ0n) is 7.87. The van der Waals surface area contributed by atoms with Crippen molar-refractivity contribution >= 4 is 50.7 Å². The highest BCUT2D eigenvalue weighted by atomic mass is 79.9. The number of hydrogen-bond acceptors (Lipinski definition) is 1. The van der Waals surface area contributed by atoms with Crippen LogP contribution in [0.4, 0.5) is 0 Å². The summed E-state index contributed by atoms with van der Waals surface area (Å²) in [5.41, 5.74) is 0.684. The summed E-state index contributed by atoms with van der Waals surface area (Å²) >= 11 is 21.7. The molecule has 0 amide bonds. The van der Waals surface area contributed by atoms with Crippen molar-refractivity contribution in [1.29, 1.82) is 0 Å². The number of nitrogens with zero attached hydrogens (tertiary/aromatic N) is 2. The fourth-order valence-corrected chi connectivity index (χ4v) is 2.82. The number of rotatable bonds is 2. The molecule has 0 fully saturated rings. The van der Waals surface area contributed by atoms with E-state index in [-0.39, 0.29) is 0 Å². The quantitative estimate of drug-likeness (QED) is 0.737. The van der Waals surface area contributed by atoms with Crippen LogP contribution >= 0.6 is 50.7 Å². The normalized spacial score (nSPS) is 14.8. The van der Waals surface area contributed by atoms with Gasteiger partial charge in [0.15, 0.2) is 0 Å². The Bertz CT molecular complexity index is 497. The maximum absolute atomic E-state index is 6.38. The van der Waals surface area contributed by atoms with E-state index in [0.29, 0.717) is 15.6 Å². The zero-order chi connectivity index (χ0) is 11.8. The first-order valence-corrected chi connectivity index (χ1v) is 6.28. The van der Waals surface area contributed by atoms with Crippen molar-refractivity contribution in [1.82, 2.24) is 9.78 Å². The van der Waals surface area contributed by atoms with Gasteiger partial charge in [0.2, 0.25) is 3.91 Å². The smallest absolute Gasteiger partial charge is 0.216 e. The second kappa shape index (κ2) is 4.57. The summed E-state index contributed by atoms with van der Waals surface area (Å²) in [6.45, 7) is 0. The highest BCUT2D eigenvalue weighted by molar-refractivity contribution is 9.10. The molecule has 1 unspecified atom stereocenters. The lowest BCUT2D eigenvalue weighted by Gasteiger charge is -2.22. The molecule has 0 aliphatic heterocycles. The van der Waals surface area contributed by atoms with Gasteiger partial charge in [-0.15, -0.1) is 0 Å². The molecule has 2 nitrogen and oxygen atoms in total. The fraction of sp³-hybridized carbons (Fsp3) is 0.100. The summed E-state index contributed by atoms with van der Waals surface area (Å²) in [4.78, 5) is 0. The largest absolute Gasteiger partial charge is 0.237 e. The van der Waals surface area contributed by atoms with Crippen LogP contribution < -0.4 is 0 Å². The molecule has 0 aliphatic carbocycles. The summed E-state index contributed by atoms with van der Waals surface area (Å²) in [6, 6.07) is 6.90. The van der Waals surface area contributed by atoms with E-state index < -0.39 is 3.91 Å². The van der Waals surface area contributed by atoms with Gasteiger partial charge in [-0.2, -0.15) is 5.10 Å². The number of alkyl halides is 2. The average Bonchev–Trinajstić information content (AvgIpc) is 2.69. The van der Waals surface area contributed by atoms with E-state index >= 15 is 0 Å². The molecule has 0 radical (unpaired) electrons. The molecule has 84 valence electrons. The van der Waals surface area contributed by atoms with Crippen molar-refractivity contribution in [2.75, 3.05) is 0 Å². The highest BCUT2D eigenvalue weighted by Gasteiger charge is 2.30. The summed E-state index contributed by atoms with van der Waals surface area (Å²) in [5.74, 6) is 0. The van der Waals surface area contributed by atoms with E-state index in [1.165, 1.54) is 0 Å². The second-order valence-corrected chi connectivity index (χ2v) is 6.11. The Labute approximate surface area is 116 Å². The van der Waals surface area contributed by atoms with Crippen LogP contribution in [0, 0.1) is 0 Å². The molecule has 2 rings (SSSR count). The summed E-state index contributed by atoms with van der Waals surface area (Å²) in [6.07, 6.45) is 3.38. The van der Waals surface area contributed by atoms with E-state index in [1.54, 1.807) is 41.3 Å². The zero-order valence-corrected chi connectivity index (χ0v) is 11.7. The summed E-state index contributed by atoms with van der Waals surface area (Å²) in [5, 5.41) is 5.12. The van der Waals surface area contributed by atoms with Gasteiger partial charge in [0.05, 0.1) is 0 Å². The number of halogens is 4. The first kappa shape index (κ1) is 12.2. The predicted molar refractivity (Wildman–Crippen MR) is 70.5 cm³/mol. The van der Waals surface area contributed by atoms with Crippen LogP contribution in [0.5, 0.6) is 0 Å². The van der Waals surface area contributed by atoms with Crippen LogP contribution in [0.1, 0.15) is 5.56 Å². The van der Waals surface area contributed by atoms with Gasteiger partial charge in [-0.05, 0) is 34.1 Å². The topological polar surface area (TPSA) is 17.8 Å². The third-order valence-corrected chi connectivity index (χ3v) is 3.76. The Kier molecular flexibility index (Phi) is 3.50. The Morgan fingerprint density at radius 1 is 1.31 bits per heavy atom. The third kappa shape index (κ3) is 2.23. The molecule has 2 aromatic rings. The number of hydrogen-bond donors (Lipinski definition) is 0. The maximum atomic E-state index is 6.38. The van der Waals surface area contributed by atoms with Gasteiger partial charge in [0.25, 0.3) is 0 Å². The molecule has 0 saturated heterocycles. The average molecular weight is 340 g/mol. The Balaban J connectivity index is 2.51. The summed E-state index contributed by atoms with van der Waals surface area (Å²) < 4.78 is 0.557. The van der Waals surface area contributed by atoms with Gasteiger partial charge in [-0.3, -0.25) is 0 Å². The maximum Gasteiger partial charge on any atom is 0.216 e. The molecule has 0 bridgehead atoms. The molecule has 1 aromatic carbocycles. The first-order chi connectivity index (χ1) is 7.51. The predicted octanol–water partition coefficient (Wildman–Crippen LogP) is 4.48. The van der Waals surface area contributed by atoms with Crippen LogP contribution in [-0.2, 0) is 3.91 Å². The molecular formula is C10H6BrCl3N2. The van der Waals surface area contributed by atoms with Gasteiger partial charge in [0.1, 0.15) is 0 Å². The van der Waals surface area contributed by atoms with Crippen LogP contribution in [0.3, 0.4) is 0 Å². The van der Waals surface area contributed by atoms with Crippen molar-refractivity contribution in [3.63, 3.8) is 0 Å². The number of aromatic nitrogens is 2. The molecule has 0 aliphatic rings. The van der Waals surface area contributed by atoms with Crippen molar-refractivity contribution in [3.05, 3.63) is 52.3 Å². The molecule has 6 heteroatoms. The molecular weight excluding hydrogens is 334 g/mol. The first-order valence-electron chi connectivity index (χ1n) is 4.35. The van der Waals surface area contributed by atoms with Crippen LogP contribution in [0.25, 0.3) is 0 Å². The van der Waals surface area contributed by atoms with Crippen LogP contribution in [0.15, 0.2) is 36.7 Å². The monoisotopic (exact) mass is 338 g/mol. The molecule has 1 aromatic heterocycles. The molecule has 1 heterocycles. The van der Waals surface area contributed by atoms with Crippen molar-refractivity contribution in [2.24, 2.45) is 0 Å². The summed E-state index contributed by atoms with van der Waals surface area (Å²) in [7, 11) is 0. The van der Waals surface area contributed by atoms with Gasteiger partial charge in [-0.1, -0.05) is 40.9 Å². The van der Waals surface area contributed by atoms with E-state index in [0.717, 1.165) is 0 Å². The minimum atomic E-state index is -1.00. The minimum Gasteiger partial charge on any atom is -0.237 e. The van der Waals surface area contributed by atoms with Crippen LogP contribution in [0.2, 0.25) is 10.0 Å². The third-order valence-electron chi connectivity index (χ3n) is 2.05. The standard InChI is InChI=1S/C10H6BrCl3N2/c11-10(14,16-5-1-4-15-16)8-3-2-7(12)6-9(8)13/h1-6H. The minimum absolute atomic E-state index is 0.481. The van der Waals surface area contributed by atoms with E-state index in [9.17, 15) is 0 Å². The fourth-order valence-electron chi connectivity index (χ4n) is 1.29. The van der Waals surface area contributed by atoms with Gasteiger partial charge in [0, 0.05) is 28.0 Å². The van der Waals surface area contributed by atoms with Crippen molar-refractivity contribution in [3.8, 4) is 0 Å². The van der Waals surface area contributed by atoms with E-state index in [2.05, 4.69) is 21.0 Å². The van der Waals surface area contributed by atoms with Crippen molar-refractivity contribution in [2.45, 2.75) is 3.91 Å². The van der Waals surface area contributed by atoms with Crippen molar-refractivity contribution < 1.29 is 0 Å². The second-order valence-electron chi connectivity index (χ2n) is 3.12. The lowest BCUT2D eigenvalue weighted by Crippen LogP contribution is -2.22. The lowest BCUT2D eigenvalue weighted by atomic mass is 10.2. The molecule has 0 saturated carbocycles. The highest BCUT2D eigenvalue weighted by Crippen LogP contribution is 2.41. The Hall–Kier alpha value is -0.220. The van der Waals surface area contributed by atoms with Gasteiger partial charge in [-0.25, -0.2) is 4.68 Å².